The zero-order valence-electron chi connectivity index (χ0n) is 25.2. The molecule has 4 aromatic rings. The first-order chi connectivity index (χ1) is 21.0. The number of nitrogens with one attached hydrogen (secondary N) is 1. The Kier molecular flexibility index (Phi) is 10.7. The molecule has 0 heterocycles. The van der Waals surface area contributed by atoms with Crippen LogP contribution >= 0.6 is 11.6 Å². The van der Waals surface area contributed by atoms with E-state index < -0.39 is 28.5 Å². The van der Waals surface area contributed by atoms with Crippen molar-refractivity contribution >= 4 is 39.1 Å². The van der Waals surface area contributed by atoms with Crippen molar-refractivity contribution in [3.8, 4) is 5.75 Å². The molecular weight excluding hydrogens is 598 g/mol. The molecule has 4 aromatic carbocycles. The minimum absolute atomic E-state index is 0.0269. The highest BCUT2D eigenvalue weighted by Gasteiger charge is 2.34. The molecule has 1 atom stereocenters. The fourth-order valence-corrected chi connectivity index (χ4v) is 6.37. The second-order valence-corrected chi connectivity index (χ2v) is 12.7. The summed E-state index contributed by atoms with van der Waals surface area (Å²) >= 11 is 6.43. The summed E-state index contributed by atoms with van der Waals surface area (Å²) in [6.07, 6.45) is 0.220. The van der Waals surface area contributed by atoms with Crippen molar-refractivity contribution in [3.05, 3.63) is 124 Å². The maximum absolute atomic E-state index is 14.4. The van der Waals surface area contributed by atoms with E-state index in [9.17, 15) is 18.0 Å². The summed E-state index contributed by atoms with van der Waals surface area (Å²) in [5, 5.41) is 3.04. The monoisotopic (exact) mass is 633 g/mol. The van der Waals surface area contributed by atoms with Crippen LogP contribution < -0.4 is 14.4 Å². The SMILES string of the molecule is CNC(=O)C(Cc1ccccc1)N(Cc1cccc(OC)c1)C(=O)CN(c1ccc(C)c(Cl)c1)S(=O)(=O)c1ccc(C)cc1. The Balaban J connectivity index is 1.81. The maximum Gasteiger partial charge on any atom is 0.264 e. The van der Waals surface area contributed by atoms with E-state index in [0.29, 0.717) is 16.3 Å². The molecule has 44 heavy (non-hydrogen) atoms. The lowest BCUT2D eigenvalue weighted by Crippen LogP contribution is -2.53. The van der Waals surface area contributed by atoms with Crippen LogP contribution in [-0.4, -0.2) is 51.9 Å². The van der Waals surface area contributed by atoms with Gasteiger partial charge in [-0.15, -0.1) is 0 Å². The van der Waals surface area contributed by atoms with Crippen LogP contribution in [0, 0.1) is 13.8 Å². The number of halogens is 1. The minimum Gasteiger partial charge on any atom is -0.497 e. The van der Waals surface area contributed by atoms with Crippen LogP contribution in [0.3, 0.4) is 0 Å². The number of likely N-dealkylation sites (N-methyl/N-ethyl adjacent to an activating group) is 1. The lowest BCUT2D eigenvalue weighted by atomic mass is 10.0. The van der Waals surface area contributed by atoms with Crippen molar-refractivity contribution in [2.24, 2.45) is 0 Å². The molecule has 1 unspecified atom stereocenters. The molecule has 10 heteroatoms. The van der Waals surface area contributed by atoms with Crippen LogP contribution in [-0.2, 0) is 32.6 Å². The Labute approximate surface area is 264 Å². The van der Waals surface area contributed by atoms with Gasteiger partial charge in [-0.1, -0.05) is 77.8 Å². The Morgan fingerprint density at radius 2 is 1.57 bits per heavy atom. The number of hydrogen-bond acceptors (Lipinski definition) is 5. The van der Waals surface area contributed by atoms with Gasteiger partial charge >= 0.3 is 0 Å². The van der Waals surface area contributed by atoms with Gasteiger partial charge in [-0.2, -0.15) is 0 Å². The van der Waals surface area contributed by atoms with E-state index in [1.165, 1.54) is 30.1 Å². The van der Waals surface area contributed by atoms with E-state index in [1.807, 2.05) is 50.2 Å². The molecule has 0 bridgehead atoms. The summed E-state index contributed by atoms with van der Waals surface area (Å²) in [6, 6.07) is 26.9. The van der Waals surface area contributed by atoms with E-state index in [1.54, 1.807) is 49.6 Å². The summed E-state index contributed by atoms with van der Waals surface area (Å²) in [5.74, 6) is -0.353. The van der Waals surface area contributed by atoms with Crippen LogP contribution in [0.1, 0.15) is 22.3 Å². The van der Waals surface area contributed by atoms with Gasteiger partial charge in [0.1, 0.15) is 18.3 Å². The molecule has 230 valence electrons. The van der Waals surface area contributed by atoms with Gasteiger partial charge in [-0.3, -0.25) is 13.9 Å². The van der Waals surface area contributed by atoms with E-state index in [2.05, 4.69) is 5.32 Å². The highest BCUT2D eigenvalue weighted by molar-refractivity contribution is 7.92. The number of sulfonamides is 1. The number of methoxy groups -OCH3 is 1. The molecule has 0 fully saturated rings. The second-order valence-electron chi connectivity index (χ2n) is 10.5. The quantitative estimate of drug-likeness (QED) is 0.221. The van der Waals surface area contributed by atoms with Crippen LogP contribution in [0.4, 0.5) is 5.69 Å². The summed E-state index contributed by atoms with van der Waals surface area (Å²) in [5.41, 5.74) is 3.45. The lowest BCUT2D eigenvalue weighted by molar-refractivity contribution is -0.139. The van der Waals surface area contributed by atoms with Crippen LogP contribution in [0.5, 0.6) is 5.75 Å². The summed E-state index contributed by atoms with van der Waals surface area (Å²) in [6.45, 7) is 3.14. The first-order valence-electron chi connectivity index (χ1n) is 14.1. The molecule has 0 spiro atoms. The topological polar surface area (TPSA) is 96.0 Å². The van der Waals surface area contributed by atoms with Crippen molar-refractivity contribution in [3.63, 3.8) is 0 Å². The third kappa shape index (κ3) is 7.78. The average molecular weight is 634 g/mol. The van der Waals surface area contributed by atoms with Crippen molar-refractivity contribution < 1.29 is 22.7 Å². The van der Waals surface area contributed by atoms with Crippen molar-refractivity contribution in [1.29, 1.82) is 0 Å². The molecule has 0 saturated carbocycles. The summed E-state index contributed by atoms with van der Waals surface area (Å²) in [4.78, 5) is 29.2. The van der Waals surface area contributed by atoms with Gasteiger partial charge in [0.25, 0.3) is 10.0 Å². The number of amides is 2. The van der Waals surface area contributed by atoms with E-state index in [0.717, 1.165) is 21.0 Å². The van der Waals surface area contributed by atoms with Gasteiger partial charge in [0.05, 0.1) is 17.7 Å². The Bertz CT molecular complexity index is 1710. The van der Waals surface area contributed by atoms with Crippen molar-refractivity contribution in [2.75, 3.05) is 25.0 Å². The standard InChI is InChI=1S/C34H36ClN3O5S/c1-24-13-17-30(18-14-24)44(41,42)38(28-16-15-25(2)31(35)21-28)23-33(39)37(22-27-11-8-12-29(19-27)43-4)32(34(40)36-3)20-26-9-6-5-7-10-26/h5-19,21,32H,20,22-23H2,1-4H3,(H,36,40). The Hall–Kier alpha value is -4.34. The van der Waals surface area contributed by atoms with Crippen LogP contribution in [0.25, 0.3) is 0 Å². The Morgan fingerprint density at radius 3 is 2.20 bits per heavy atom. The zero-order valence-corrected chi connectivity index (χ0v) is 26.7. The highest BCUT2D eigenvalue weighted by atomic mass is 35.5. The third-order valence-electron chi connectivity index (χ3n) is 7.34. The minimum atomic E-state index is -4.22. The Morgan fingerprint density at radius 1 is 0.886 bits per heavy atom. The number of nitrogens with zero attached hydrogens (tertiary/aromatic N) is 2. The first-order valence-corrected chi connectivity index (χ1v) is 15.9. The molecule has 2 amide bonds. The molecule has 0 aliphatic heterocycles. The first kappa shape index (κ1) is 32.6. The molecule has 0 aliphatic rings. The number of benzene rings is 4. The van der Waals surface area contributed by atoms with E-state index in [4.69, 9.17) is 16.3 Å². The number of carbonyl (C=O) groups is 2. The van der Waals surface area contributed by atoms with Crippen LogP contribution in [0.15, 0.2) is 102 Å². The predicted octanol–water partition coefficient (Wildman–Crippen LogP) is 5.55. The number of aryl methyl sites for hydroxylation is 2. The van der Waals surface area contributed by atoms with Gasteiger partial charge in [-0.05, 0) is 66.9 Å². The fraction of sp³-hybridized carbons (Fsp3) is 0.235. The normalized spacial score (nSPS) is 11.8. The molecule has 0 aliphatic carbocycles. The molecule has 8 nitrogen and oxygen atoms in total. The summed E-state index contributed by atoms with van der Waals surface area (Å²) in [7, 11) is -1.16. The number of ether oxygens (including phenoxy) is 1. The number of anilines is 1. The van der Waals surface area contributed by atoms with Gasteiger partial charge in [0.15, 0.2) is 0 Å². The highest BCUT2D eigenvalue weighted by Crippen LogP contribution is 2.29. The molecule has 4 rings (SSSR count). The predicted molar refractivity (Wildman–Crippen MR) is 173 cm³/mol. The van der Waals surface area contributed by atoms with Crippen molar-refractivity contribution in [1.82, 2.24) is 10.2 Å². The maximum atomic E-state index is 14.4. The largest absolute Gasteiger partial charge is 0.497 e. The summed E-state index contributed by atoms with van der Waals surface area (Å²) < 4.78 is 34.6. The third-order valence-corrected chi connectivity index (χ3v) is 9.53. The van der Waals surface area contributed by atoms with Gasteiger partial charge in [0, 0.05) is 25.0 Å². The van der Waals surface area contributed by atoms with E-state index in [-0.39, 0.29) is 29.5 Å². The molecule has 0 saturated heterocycles. The van der Waals surface area contributed by atoms with Gasteiger partial charge < -0.3 is 15.0 Å². The molecular formula is C34H36ClN3O5S. The molecule has 0 aromatic heterocycles. The zero-order chi connectivity index (χ0) is 31.9. The second kappa shape index (κ2) is 14.4. The van der Waals surface area contributed by atoms with Crippen molar-refractivity contribution in [2.45, 2.75) is 37.8 Å². The molecule has 0 radical (unpaired) electrons. The van der Waals surface area contributed by atoms with Crippen LogP contribution in [0.2, 0.25) is 5.02 Å². The number of rotatable bonds is 12. The van der Waals surface area contributed by atoms with Gasteiger partial charge in [0.2, 0.25) is 11.8 Å². The number of carbonyl (C=O) groups excluding carboxylic acids is 2. The van der Waals surface area contributed by atoms with Gasteiger partial charge in [-0.25, -0.2) is 8.42 Å². The van der Waals surface area contributed by atoms with E-state index >= 15 is 0 Å². The smallest absolute Gasteiger partial charge is 0.264 e. The fourth-order valence-electron chi connectivity index (χ4n) is 4.79. The number of hydrogen-bond donors (Lipinski definition) is 1. The molecule has 1 N–H and O–H groups in total. The lowest BCUT2D eigenvalue weighted by Gasteiger charge is -2.33. The average Bonchev–Trinajstić information content (AvgIpc) is 3.03.